The lowest BCUT2D eigenvalue weighted by molar-refractivity contribution is -0.137. The number of hydrogen-bond donors (Lipinski definition) is 1. The molecule has 2 rings (SSSR count). The lowest BCUT2D eigenvalue weighted by Crippen LogP contribution is -2.51. The van der Waals surface area contributed by atoms with Gasteiger partial charge in [0.25, 0.3) is 0 Å². The molecule has 2 aliphatic heterocycles. The van der Waals surface area contributed by atoms with E-state index in [4.69, 9.17) is 4.74 Å². The van der Waals surface area contributed by atoms with Crippen LogP contribution in [0.4, 0.5) is 0 Å². The molecule has 0 aromatic rings. The van der Waals surface area contributed by atoms with Crippen molar-refractivity contribution in [2.24, 2.45) is 5.92 Å². The lowest BCUT2D eigenvalue weighted by Gasteiger charge is -2.40. The molecule has 2 saturated heterocycles. The molecule has 0 aromatic carbocycles. The molecule has 0 spiro atoms. The fourth-order valence-corrected chi connectivity index (χ4v) is 3.26. The fraction of sp³-hybridized carbons (Fsp3) is 0.933. The van der Waals surface area contributed by atoms with E-state index in [0.717, 1.165) is 26.1 Å². The molecule has 1 atom stereocenters. The average molecular weight is 284 g/mol. The summed E-state index contributed by atoms with van der Waals surface area (Å²) in [5, 5.41) is 10.5. The second-order valence-corrected chi connectivity index (χ2v) is 6.63. The molecular weight excluding hydrogens is 256 g/mol. The second kappa shape index (κ2) is 6.87. The van der Waals surface area contributed by atoms with Crippen molar-refractivity contribution in [2.75, 3.05) is 46.9 Å². The SMILES string of the molecule is CN(C)CC1(O)CCN(C(=O)C[C@H]2CCCOC2)CC1. The van der Waals surface area contributed by atoms with Crippen molar-refractivity contribution in [3.8, 4) is 0 Å². The Morgan fingerprint density at radius 2 is 2.10 bits per heavy atom. The Morgan fingerprint density at radius 1 is 1.40 bits per heavy atom. The number of carbonyl (C=O) groups is 1. The highest BCUT2D eigenvalue weighted by Gasteiger charge is 2.34. The maximum atomic E-state index is 12.3. The van der Waals surface area contributed by atoms with Crippen molar-refractivity contribution in [2.45, 2.75) is 37.7 Å². The first-order valence-corrected chi connectivity index (χ1v) is 7.71. The Bertz CT molecular complexity index is 319. The smallest absolute Gasteiger partial charge is 0.222 e. The summed E-state index contributed by atoms with van der Waals surface area (Å²) in [6.07, 6.45) is 4.13. The van der Waals surface area contributed by atoms with Crippen LogP contribution in [0.5, 0.6) is 0 Å². The largest absolute Gasteiger partial charge is 0.388 e. The number of likely N-dealkylation sites (N-methyl/N-ethyl adjacent to an activating group) is 1. The van der Waals surface area contributed by atoms with Crippen molar-refractivity contribution in [1.82, 2.24) is 9.80 Å². The van der Waals surface area contributed by atoms with Gasteiger partial charge in [-0.2, -0.15) is 0 Å². The maximum absolute atomic E-state index is 12.3. The third-order valence-corrected chi connectivity index (χ3v) is 4.38. The van der Waals surface area contributed by atoms with Crippen LogP contribution in [0.15, 0.2) is 0 Å². The molecular formula is C15H28N2O3. The van der Waals surface area contributed by atoms with Crippen LogP contribution in [0.25, 0.3) is 0 Å². The predicted octanol–water partition coefficient (Wildman–Crippen LogP) is 0.718. The highest BCUT2D eigenvalue weighted by molar-refractivity contribution is 5.76. The monoisotopic (exact) mass is 284 g/mol. The van der Waals surface area contributed by atoms with Gasteiger partial charge in [0.1, 0.15) is 0 Å². The topological polar surface area (TPSA) is 53.0 Å². The van der Waals surface area contributed by atoms with Crippen LogP contribution in [0, 0.1) is 5.92 Å². The molecule has 5 nitrogen and oxygen atoms in total. The van der Waals surface area contributed by atoms with Gasteiger partial charge in [-0.05, 0) is 45.7 Å². The molecule has 116 valence electrons. The van der Waals surface area contributed by atoms with Crippen LogP contribution in [-0.2, 0) is 9.53 Å². The number of rotatable bonds is 4. The lowest BCUT2D eigenvalue weighted by atomic mass is 9.90. The molecule has 0 saturated carbocycles. The summed E-state index contributed by atoms with van der Waals surface area (Å²) >= 11 is 0. The van der Waals surface area contributed by atoms with Gasteiger partial charge < -0.3 is 19.6 Å². The number of hydrogen-bond acceptors (Lipinski definition) is 4. The van der Waals surface area contributed by atoms with Crippen molar-refractivity contribution < 1.29 is 14.6 Å². The number of aliphatic hydroxyl groups is 1. The minimum atomic E-state index is -0.631. The third-order valence-electron chi connectivity index (χ3n) is 4.38. The van der Waals surface area contributed by atoms with Gasteiger partial charge in [-0.1, -0.05) is 0 Å². The molecule has 0 unspecified atom stereocenters. The molecule has 0 aliphatic carbocycles. The summed E-state index contributed by atoms with van der Waals surface area (Å²) in [5.41, 5.74) is -0.631. The van der Waals surface area contributed by atoms with E-state index >= 15 is 0 Å². The predicted molar refractivity (Wildman–Crippen MR) is 77.5 cm³/mol. The second-order valence-electron chi connectivity index (χ2n) is 6.63. The fourth-order valence-electron chi connectivity index (χ4n) is 3.26. The van der Waals surface area contributed by atoms with Crippen molar-refractivity contribution in [3.63, 3.8) is 0 Å². The highest BCUT2D eigenvalue weighted by Crippen LogP contribution is 2.25. The Kier molecular flexibility index (Phi) is 5.41. The zero-order valence-corrected chi connectivity index (χ0v) is 12.8. The molecule has 0 bridgehead atoms. The van der Waals surface area contributed by atoms with E-state index in [9.17, 15) is 9.90 Å². The average Bonchev–Trinajstić information content (AvgIpc) is 2.39. The number of carbonyl (C=O) groups excluding carboxylic acids is 1. The maximum Gasteiger partial charge on any atom is 0.222 e. The number of amides is 1. The van der Waals surface area contributed by atoms with Crippen LogP contribution < -0.4 is 0 Å². The van der Waals surface area contributed by atoms with E-state index in [-0.39, 0.29) is 5.91 Å². The van der Waals surface area contributed by atoms with Gasteiger partial charge in [0.2, 0.25) is 5.91 Å². The molecule has 1 N–H and O–H groups in total. The van der Waals surface area contributed by atoms with E-state index in [1.54, 1.807) is 0 Å². The minimum absolute atomic E-state index is 0.229. The van der Waals surface area contributed by atoms with Gasteiger partial charge in [0.05, 0.1) is 5.60 Å². The molecule has 2 heterocycles. The highest BCUT2D eigenvalue weighted by atomic mass is 16.5. The van der Waals surface area contributed by atoms with E-state index in [2.05, 4.69) is 0 Å². The zero-order chi connectivity index (χ0) is 14.6. The summed E-state index contributed by atoms with van der Waals surface area (Å²) < 4.78 is 5.43. The third kappa shape index (κ3) is 4.43. The van der Waals surface area contributed by atoms with E-state index in [1.807, 2.05) is 23.9 Å². The summed E-state index contributed by atoms with van der Waals surface area (Å²) in [7, 11) is 3.94. The summed E-state index contributed by atoms with van der Waals surface area (Å²) in [5.74, 6) is 0.617. The quantitative estimate of drug-likeness (QED) is 0.826. The van der Waals surface area contributed by atoms with Gasteiger partial charge in [0.15, 0.2) is 0 Å². The van der Waals surface area contributed by atoms with Crippen LogP contribution in [0.2, 0.25) is 0 Å². The van der Waals surface area contributed by atoms with E-state index in [0.29, 0.717) is 44.8 Å². The number of piperidine rings is 1. The first kappa shape index (κ1) is 15.7. The van der Waals surface area contributed by atoms with Crippen molar-refractivity contribution in [3.05, 3.63) is 0 Å². The van der Waals surface area contributed by atoms with Gasteiger partial charge in [-0.3, -0.25) is 4.79 Å². The van der Waals surface area contributed by atoms with E-state index in [1.165, 1.54) is 0 Å². The van der Waals surface area contributed by atoms with E-state index < -0.39 is 5.60 Å². The molecule has 5 heteroatoms. The van der Waals surface area contributed by atoms with Crippen molar-refractivity contribution in [1.29, 1.82) is 0 Å². The first-order valence-electron chi connectivity index (χ1n) is 7.71. The standard InChI is InChI=1S/C15H28N2O3/c1-16(2)12-15(19)5-7-17(8-6-15)14(18)10-13-4-3-9-20-11-13/h13,19H,3-12H2,1-2H3/t13-/m1/s1. The Hall–Kier alpha value is -0.650. The molecule has 0 aromatic heterocycles. The molecule has 2 fully saturated rings. The molecule has 2 aliphatic rings. The van der Waals surface area contributed by atoms with Crippen LogP contribution in [-0.4, -0.2) is 73.4 Å². The number of likely N-dealkylation sites (tertiary alicyclic amines) is 1. The molecule has 1 amide bonds. The van der Waals surface area contributed by atoms with Gasteiger partial charge in [-0.25, -0.2) is 0 Å². The normalized spacial score (nSPS) is 26.8. The Balaban J connectivity index is 1.76. The summed E-state index contributed by atoms with van der Waals surface area (Å²) in [4.78, 5) is 16.2. The number of ether oxygens (including phenoxy) is 1. The van der Waals surface area contributed by atoms with Gasteiger partial charge >= 0.3 is 0 Å². The number of nitrogens with zero attached hydrogens (tertiary/aromatic N) is 2. The van der Waals surface area contributed by atoms with Crippen LogP contribution >= 0.6 is 0 Å². The van der Waals surface area contributed by atoms with Gasteiger partial charge in [0, 0.05) is 39.3 Å². The Labute approximate surface area is 121 Å². The molecule has 0 radical (unpaired) electrons. The van der Waals surface area contributed by atoms with Gasteiger partial charge in [-0.15, -0.1) is 0 Å². The first-order chi connectivity index (χ1) is 9.48. The summed E-state index contributed by atoms with van der Waals surface area (Å²) in [6.45, 7) is 3.59. The minimum Gasteiger partial charge on any atom is -0.388 e. The molecule has 20 heavy (non-hydrogen) atoms. The Morgan fingerprint density at radius 3 is 2.65 bits per heavy atom. The van der Waals surface area contributed by atoms with Crippen molar-refractivity contribution >= 4 is 5.91 Å². The van der Waals surface area contributed by atoms with Crippen LogP contribution in [0.3, 0.4) is 0 Å². The summed E-state index contributed by atoms with van der Waals surface area (Å²) in [6, 6.07) is 0. The zero-order valence-electron chi connectivity index (χ0n) is 12.8. The van der Waals surface area contributed by atoms with Crippen LogP contribution in [0.1, 0.15) is 32.1 Å².